The summed E-state index contributed by atoms with van der Waals surface area (Å²) < 4.78 is 5.93. The van der Waals surface area contributed by atoms with Crippen LogP contribution in [0.25, 0.3) is 10.8 Å². The number of nitrogens with zero attached hydrogens (tertiary/aromatic N) is 1. The molecule has 2 heteroatoms. The average molecular weight is 257 g/mol. The van der Waals surface area contributed by atoms with Gasteiger partial charge in [-0.15, -0.1) is 0 Å². The minimum absolute atomic E-state index is 0.782. The summed E-state index contributed by atoms with van der Waals surface area (Å²) in [5.74, 6) is 0.998. The van der Waals surface area contributed by atoms with Crippen LogP contribution in [0.4, 0.5) is 0 Å². The molecule has 0 aromatic heterocycles. The van der Waals surface area contributed by atoms with Crippen molar-refractivity contribution in [3.05, 3.63) is 42.5 Å². The Labute approximate surface area is 116 Å². The summed E-state index contributed by atoms with van der Waals surface area (Å²) in [5.41, 5.74) is 0. The fraction of sp³-hybridized carbons (Fsp3) is 0.412. The third-order valence-corrected chi connectivity index (χ3v) is 3.52. The molecule has 0 unspecified atom stereocenters. The SMILES string of the molecule is CCN(CC)CCCOc1cccc2ccccc12. The fourth-order valence-electron chi connectivity index (χ4n) is 2.33. The molecule has 0 bridgehead atoms. The highest BCUT2D eigenvalue weighted by Gasteiger charge is 2.02. The van der Waals surface area contributed by atoms with Crippen LogP contribution in [0, 0.1) is 0 Å². The van der Waals surface area contributed by atoms with Crippen LogP contribution in [0.2, 0.25) is 0 Å². The maximum atomic E-state index is 5.93. The first-order valence-corrected chi connectivity index (χ1v) is 7.18. The van der Waals surface area contributed by atoms with E-state index in [4.69, 9.17) is 4.74 Å². The smallest absolute Gasteiger partial charge is 0.127 e. The van der Waals surface area contributed by atoms with Crippen molar-refractivity contribution >= 4 is 10.8 Å². The predicted octanol–water partition coefficient (Wildman–Crippen LogP) is 3.95. The van der Waals surface area contributed by atoms with Gasteiger partial charge in [0.2, 0.25) is 0 Å². The monoisotopic (exact) mass is 257 g/mol. The van der Waals surface area contributed by atoms with E-state index in [1.807, 2.05) is 0 Å². The van der Waals surface area contributed by atoms with E-state index in [0.29, 0.717) is 0 Å². The molecule has 0 amide bonds. The van der Waals surface area contributed by atoms with Gasteiger partial charge in [-0.3, -0.25) is 0 Å². The highest BCUT2D eigenvalue weighted by atomic mass is 16.5. The molecule has 0 aliphatic heterocycles. The Bertz CT molecular complexity index is 500. The molecule has 2 nitrogen and oxygen atoms in total. The van der Waals surface area contributed by atoms with Crippen molar-refractivity contribution < 1.29 is 4.74 Å². The number of ether oxygens (including phenoxy) is 1. The molecule has 102 valence electrons. The van der Waals surface area contributed by atoms with Crippen molar-refractivity contribution in [1.82, 2.24) is 4.90 Å². The second-order valence-corrected chi connectivity index (χ2v) is 4.71. The molecule has 19 heavy (non-hydrogen) atoms. The molecular weight excluding hydrogens is 234 g/mol. The second-order valence-electron chi connectivity index (χ2n) is 4.71. The Morgan fingerprint density at radius 2 is 1.68 bits per heavy atom. The van der Waals surface area contributed by atoms with Gasteiger partial charge in [-0.2, -0.15) is 0 Å². The van der Waals surface area contributed by atoms with Crippen LogP contribution < -0.4 is 4.74 Å². The van der Waals surface area contributed by atoms with Gasteiger partial charge in [-0.1, -0.05) is 50.2 Å². The molecule has 0 spiro atoms. The molecular formula is C17H23NO. The van der Waals surface area contributed by atoms with Gasteiger partial charge in [0.1, 0.15) is 5.75 Å². The zero-order valence-electron chi connectivity index (χ0n) is 11.9. The van der Waals surface area contributed by atoms with Gasteiger partial charge in [0.15, 0.2) is 0 Å². The van der Waals surface area contributed by atoms with Crippen molar-refractivity contribution in [1.29, 1.82) is 0 Å². The highest BCUT2D eigenvalue weighted by Crippen LogP contribution is 2.25. The first-order chi connectivity index (χ1) is 9.35. The molecule has 0 aliphatic rings. The first kappa shape index (κ1) is 13.9. The fourth-order valence-corrected chi connectivity index (χ4v) is 2.33. The summed E-state index contributed by atoms with van der Waals surface area (Å²) in [6.45, 7) is 8.53. The van der Waals surface area contributed by atoms with E-state index in [1.54, 1.807) is 0 Å². The lowest BCUT2D eigenvalue weighted by Gasteiger charge is -2.18. The number of hydrogen-bond acceptors (Lipinski definition) is 2. The number of benzene rings is 2. The van der Waals surface area contributed by atoms with E-state index in [-0.39, 0.29) is 0 Å². The summed E-state index contributed by atoms with van der Waals surface area (Å²) in [6, 6.07) is 14.6. The lowest BCUT2D eigenvalue weighted by Crippen LogP contribution is -2.25. The molecule has 2 aromatic rings. The lowest BCUT2D eigenvalue weighted by molar-refractivity contribution is 0.250. The van der Waals surface area contributed by atoms with Crippen LogP contribution in [0.15, 0.2) is 42.5 Å². The maximum Gasteiger partial charge on any atom is 0.127 e. The Balaban J connectivity index is 1.91. The standard InChI is InChI=1S/C17H23NO/c1-3-18(4-2)13-8-14-19-17-12-7-10-15-9-5-6-11-16(15)17/h5-7,9-12H,3-4,8,13-14H2,1-2H3. The summed E-state index contributed by atoms with van der Waals surface area (Å²) in [6.07, 6.45) is 1.07. The summed E-state index contributed by atoms with van der Waals surface area (Å²) in [7, 11) is 0. The predicted molar refractivity (Wildman–Crippen MR) is 81.8 cm³/mol. The van der Waals surface area contributed by atoms with Crippen LogP contribution in [0.1, 0.15) is 20.3 Å². The third-order valence-electron chi connectivity index (χ3n) is 3.52. The molecule has 0 saturated carbocycles. The van der Waals surface area contributed by atoms with E-state index in [2.05, 4.69) is 61.2 Å². The zero-order valence-corrected chi connectivity index (χ0v) is 11.9. The van der Waals surface area contributed by atoms with Gasteiger partial charge < -0.3 is 9.64 Å². The molecule has 0 atom stereocenters. The van der Waals surface area contributed by atoms with E-state index >= 15 is 0 Å². The minimum Gasteiger partial charge on any atom is -0.493 e. The molecule has 0 N–H and O–H groups in total. The second kappa shape index (κ2) is 7.15. The number of fused-ring (bicyclic) bond motifs is 1. The summed E-state index contributed by atoms with van der Waals surface area (Å²) >= 11 is 0. The van der Waals surface area contributed by atoms with E-state index in [1.165, 1.54) is 10.8 Å². The third kappa shape index (κ3) is 3.71. The Kier molecular flexibility index (Phi) is 5.22. The van der Waals surface area contributed by atoms with E-state index in [9.17, 15) is 0 Å². The highest BCUT2D eigenvalue weighted by molar-refractivity contribution is 5.88. The summed E-state index contributed by atoms with van der Waals surface area (Å²) in [4.78, 5) is 2.42. The van der Waals surface area contributed by atoms with Crippen molar-refractivity contribution in [2.45, 2.75) is 20.3 Å². The molecule has 0 radical (unpaired) electrons. The topological polar surface area (TPSA) is 12.5 Å². The zero-order chi connectivity index (χ0) is 13.5. The van der Waals surface area contributed by atoms with Gasteiger partial charge in [0.25, 0.3) is 0 Å². The molecule has 0 aliphatic carbocycles. The van der Waals surface area contributed by atoms with Gasteiger partial charge in [0.05, 0.1) is 6.61 Å². The average Bonchev–Trinajstić information content (AvgIpc) is 2.47. The van der Waals surface area contributed by atoms with E-state index < -0.39 is 0 Å². The van der Waals surface area contributed by atoms with Crippen molar-refractivity contribution in [2.75, 3.05) is 26.2 Å². The quantitative estimate of drug-likeness (QED) is 0.696. The molecule has 0 heterocycles. The molecule has 0 saturated heterocycles. The van der Waals surface area contributed by atoms with E-state index in [0.717, 1.165) is 38.4 Å². The summed E-state index contributed by atoms with van der Waals surface area (Å²) in [5, 5.41) is 2.44. The van der Waals surface area contributed by atoms with Gasteiger partial charge in [-0.05, 0) is 31.0 Å². The van der Waals surface area contributed by atoms with Crippen molar-refractivity contribution in [2.24, 2.45) is 0 Å². The lowest BCUT2D eigenvalue weighted by atomic mass is 10.1. The molecule has 2 rings (SSSR count). The van der Waals surface area contributed by atoms with Crippen LogP contribution in [-0.2, 0) is 0 Å². The van der Waals surface area contributed by atoms with Gasteiger partial charge in [0, 0.05) is 11.9 Å². The van der Waals surface area contributed by atoms with Crippen LogP contribution in [0.5, 0.6) is 5.75 Å². The first-order valence-electron chi connectivity index (χ1n) is 7.18. The van der Waals surface area contributed by atoms with Crippen LogP contribution in [-0.4, -0.2) is 31.1 Å². The van der Waals surface area contributed by atoms with Crippen molar-refractivity contribution in [3.8, 4) is 5.75 Å². The molecule has 2 aromatic carbocycles. The Morgan fingerprint density at radius 3 is 2.47 bits per heavy atom. The minimum atomic E-state index is 0.782. The maximum absolute atomic E-state index is 5.93. The largest absolute Gasteiger partial charge is 0.493 e. The van der Waals surface area contributed by atoms with Gasteiger partial charge in [-0.25, -0.2) is 0 Å². The number of rotatable bonds is 7. The van der Waals surface area contributed by atoms with Gasteiger partial charge >= 0.3 is 0 Å². The number of hydrogen-bond donors (Lipinski definition) is 0. The van der Waals surface area contributed by atoms with Crippen molar-refractivity contribution in [3.63, 3.8) is 0 Å². The Morgan fingerprint density at radius 1 is 0.947 bits per heavy atom. The normalized spacial score (nSPS) is 11.1. The van der Waals surface area contributed by atoms with Crippen LogP contribution in [0.3, 0.4) is 0 Å². The molecule has 0 fully saturated rings. The Hall–Kier alpha value is -1.54. The van der Waals surface area contributed by atoms with Crippen LogP contribution >= 0.6 is 0 Å².